The normalized spacial score (nSPS) is 13.2. The van der Waals surface area contributed by atoms with Crippen LogP contribution in [-0.4, -0.2) is 42.5 Å². The van der Waals surface area contributed by atoms with Gasteiger partial charge in [-0.05, 0) is 36.4 Å². The molecule has 2 N–H and O–H groups in total. The molecule has 0 amide bonds. The van der Waals surface area contributed by atoms with Gasteiger partial charge in [-0.15, -0.1) is 0 Å². The molecule has 1 aliphatic rings. The minimum absolute atomic E-state index is 0.0200. The predicted molar refractivity (Wildman–Crippen MR) is 99.5 cm³/mol. The van der Waals surface area contributed by atoms with E-state index in [1.54, 1.807) is 0 Å². The molecule has 0 saturated heterocycles. The maximum atomic E-state index is 13.3. The Hall–Kier alpha value is -4.05. The fourth-order valence-electron chi connectivity index (χ4n) is 3.33. The van der Waals surface area contributed by atoms with Crippen molar-refractivity contribution in [3.05, 3.63) is 70.8 Å². The van der Waals surface area contributed by atoms with Crippen molar-refractivity contribution in [3.8, 4) is 0 Å². The molecule has 3 aromatic rings. The summed E-state index contributed by atoms with van der Waals surface area (Å²) in [5.74, 6) is -4.94. The van der Waals surface area contributed by atoms with Gasteiger partial charge in [-0.1, -0.05) is 12.1 Å². The van der Waals surface area contributed by atoms with Crippen LogP contribution in [0.15, 0.2) is 58.3 Å². The van der Waals surface area contributed by atoms with Gasteiger partial charge in [0.15, 0.2) is 0 Å². The number of hydrogen-bond acceptors (Lipinski definition) is 7. The van der Waals surface area contributed by atoms with Gasteiger partial charge in [-0.25, -0.2) is 27.6 Å². The number of benzene rings is 3. The Morgan fingerprint density at radius 2 is 1.43 bits per heavy atom. The molecule has 0 atom stereocenters. The SMILES string of the molecule is O=C(O)c1ccc(S(=O)(=O)c2ccc3c4c(cccc24)C(=O)OC3=O)cc1C(=O)O. The molecule has 0 bridgehead atoms. The Labute approximate surface area is 168 Å². The number of carbonyl (C=O) groups excluding carboxylic acids is 2. The van der Waals surface area contributed by atoms with Crippen molar-refractivity contribution in [2.75, 3.05) is 0 Å². The topological polar surface area (TPSA) is 152 Å². The fraction of sp³-hybridized carbons (Fsp3) is 0. The van der Waals surface area contributed by atoms with Gasteiger partial charge in [0.25, 0.3) is 0 Å². The predicted octanol–water partition coefficient (Wildman–Crippen LogP) is 2.38. The van der Waals surface area contributed by atoms with Crippen molar-refractivity contribution in [3.63, 3.8) is 0 Å². The number of carboxylic acids is 2. The van der Waals surface area contributed by atoms with Crippen LogP contribution in [-0.2, 0) is 14.6 Å². The Bertz CT molecular complexity index is 1400. The number of carboxylic acid groups (broad SMARTS) is 2. The van der Waals surface area contributed by atoms with Gasteiger partial charge < -0.3 is 14.9 Å². The summed E-state index contributed by atoms with van der Waals surface area (Å²) in [5, 5.41) is 18.6. The van der Waals surface area contributed by atoms with E-state index >= 15 is 0 Å². The van der Waals surface area contributed by atoms with Crippen LogP contribution >= 0.6 is 0 Å². The average molecular weight is 426 g/mol. The van der Waals surface area contributed by atoms with Crippen molar-refractivity contribution in [2.24, 2.45) is 0 Å². The highest BCUT2D eigenvalue weighted by Crippen LogP contribution is 2.35. The Balaban J connectivity index is 2.00. The third-order valence-electron chi connectivity index (χ3n) is 4.68. The van der Waals surface area contributed by atoms with Crippen LogP contribution in [0.3, 0.4) is 0 Å². The highest BCUT2D eigenvalue weighted by Gasteiger charge is 2.31. The van der Waals surface area contributed by atoms with E-state index in [-0.39, 0.29) is 26.8 Å². The molecule has 1 heterocycles. The zero-order valence-corrected chi connectivity index (χ0v) is 15.6. The molecule has 0 radical (unpaired) electrons. The van der Waals surface area contributed by atoms with Gasteiger partial charge in [0.05, 0.1) is 32.0 Å². The molecule has 10 heteroatoms. The second-order valence-corrected chi connectivity index (χ2v) is 8.26. The van der Waals surface area contributed by atoms with Crippen molar-refractivity contribution in [1.29, 1.82) is 0 Å². The summed E-state index contributed by atoms with van der Waals surface area (Å²) < 4.78 is 31.2. The standard InChI is InChI=1S/C20H10O9S/c21-17(22)10-5-4-9(8-14(10)18(23)24)30(27,28)15-7-6-13-16-11(15)2-1-3-12(16)19(25)29-20(13)26/h1-8H,(H,21,22)(H,23,24). The van der Waals surface area contributed by atoms with E-state index < -0.39 is 49.7 Å². The number of sulfone groups is 1. The number of rotatable bonds is 4. The number of ether oxygens (including phenoxy) is 1. The Kier molecular flexibility index (Phi) is 4.17. The summed E-state index contributed by atoms with van der Waals surface area (Å²) in [7, 11) is -4.34. The third-order valence-corrected chi connectivity index (χ3v) is 6.49. The molecule has 9 nitrogen and oxygen atoms in total. The molecule has 30 heavy (non-hydrogen) atoms. The van der Waals surface area contributed by atoms with Crippen LogP contribution in [0.5, 0.6) is 0 Å². The Morgan fingerprint density at radius 1 is 0.800 bits per heavy atom. The van der Waals surface area contributed by atoms with E-state index in [0.717, 1.165) is 24.3 Å². The molecule has 4 rings (SSSR count). The monoisotopic (exact) mass is 426 g/mol. The highest BCUT2D eigenvalue weighted by atomic mass is 32.2. The zero-order chi connectivity index (χ0) is 21.8. The molecule has 0 fully saturated rings. The first-order valence-electron chi connectivity index (χ1n) is 8.31. The number of aromatic carboxylic acids is 2. The molecular weight excluding hydrogens is 416 g/mol. The lowest BCUT2D eigenvalue weighted by molar-refractivity contribution is 0.0390. The minimum Gasteiger partial charge on any atom is -0.478 e. The van der Waals surface area contributed by atoms with Gasteiger partial charge in [0, 0.05) is 10.8 Å². The molecule has 1 aliphatic heterocycles. The molecule has 150 valence electrons. The number of cyclic esters (lactones) is 2. The van der Waals surface area contributed by atoms with Crippen molar-refractivity contribution >= 4 is 44.5 Å². The van der Waals surface area contributed by atoms with Crippen LogP contribution in [0.2, 0.25) is 0 Å². The van der Waals surface area contributed by atoms with Crippen molar-refractivity contribution in [1.82, 2.24) is 0 Å². The largest absolute Gasteiger partial charge is 0.478 e. The lowest BCUT2D eigenvalue weighted by Crippen LogP contribution is -2.20. The second-order valence-electron chi connectivity index (χ2n) is 6.34. The van der Waals surface area contributed by atoms with E-state index in [4.69, 9.17) is 5.11 Å². The number of hydrogen-bond donors (Lipinski definition) is 2. The lowest BCUT2D eigenvalue weighted by Gasteiger charge is -2.17. The van der Waals surface area contributed by atoms with Crippen LogP contribution in [0.25, 0.3) is 10.8 Å². The highest BCUT2D eigenvalue weighted by molar-refractivity contribution is 7.91. The van der Waals surface area contributed by atoms with Gasteiger partial charge in [0.2, 0.25) is 9.84 Å². The molecule has 0 saturated carbocycles. The average Bonchev–Trinajstić information content (AvgIpc) is 2.70. The Morgan fingerprint density at radius 3 is 2.07 bits per heavy atom. The van der Waals surface area contributed by atoms with Crippen LogP contribution in [0.1, 0.15) is 41.4 Å². The van der Waals surface area contributed by atoms with E-state index in [2.05, 4.69) is 4.74 Å². The van der Waals surface area contributed by atoms with Gasteiger partial charge >= 0.3 is 23.9 Å². The number of esters is 2. The molecule has 3 aromatic carbocycles. The third kappa shape index (κ3) is 2.73. The molecule has 0 aliphatic carbocycles. The summed E-state index contributed by atoms with van der Waals surface area (Å²) in [6, 6.07) is 9.22. The maximum absolute atomic E-state index is 13.3. The van der Waals surface area contributed by atoms with Gasteiger partial charge in [-0.3, -0.25) is 0 Å². The second kappa shape index (κ2) is 6.49. The lowest BCUT2D eigenvalue weighted by atomic mass is 9.97. The summed E-state index contributed by atoms with van der Waals surface area (Å²) in [6.45, 7) is 0. The zero-order valence-electron chi connectivity index (χ0n) is 14.8. The first kappa shape index (κ1) is 19.3. The first-order valence-corrected chi connectivity index (χ1v) is 9.79. The maximum Gasteiger partial charge on any atom is 0.346 e. The summed E-state index contributed by atoms with van der Waals surface area (Å²) >= 11 is 0. The molecule has 0 spiro atoms. The molecule has 0 aromatic heterocycles. The van der Waals surface area contributed by atoms with Crippen LogP contribution in [0, 0.1) is 0 Å². The van der Waals surface area contributed by atoms with E-state index in [0.29, 0.717) is 0 Å². The minimum atomic E-state index is -4.34. The van der Waals surface area contributed by atoms with Gasteiger partial charge in [0.1, 0.15) is 0 Å². The van der Waals surface area contributed by atoms with Gasteiger partial charge in [-0.2, -0.15) is 0 Å². The molecular formula is C20H10O9S. The fourth-order valence-corrected chi connectivity index (χ4v) is 4.81. The van der Waals surface area contributed by atoms with Crippen LogP contribution in [0.4, 0.5) is 0 Å². The van der Waals surface area contributed by atoms with Crippen molar-refractivity contribution in [2.45, 2.75) is 9.79 Å². The van der Waals surface area contributed by atoms with E-state index in [1.807, 2.05) is 0 Å². The van der Waals surface area contributed by atoms with E-state index in [9.17, 15) is 32.7 Å². The number of carbonyl (C=O) groups is 4. The summed E-state index contributed by atoms with van der Waals surface area (Å²) in [6.07, 6.45) is 0. The first-order chi connectivity index (χ1) is 14.1. The summed E-state index contributed by atoms with van der Waals surface area (Å²) in [4.78, 5) is 46.0. The quantitative estimate of drug-likeness (QED) is 0.473. The molecule has 0 unspecified atom stereocenters. The van der Waals surface area contributed by atoms with E-state index in [1.165, 1.54) is 24.3 Å². The van der Waals surface area contributed by atoms with Crippen LogP contribution < -0.4 is 0 Å². The van der Waals surface area contributed by atoms with Crippen molar-refractivity contribution < 1.29 is 42.5 Å². The smallest absolute Gasteiger partial charge is 0.346 e. The summed E-state index contributed by atoms with van der Waals surface area (Å²) in [5.41, 5.74) is -1.21.